The Balaban J connectivity index is 1.44. The van der Waals surface area contributed by atoms with Gasteiger partial charge in [-0.3, -0.25) is 9.59 Å². The topological polar surface area (TPSA) is 67.7 Å². The van der Waals surface area contributed by atoms with Crippen LogP contribution in [-0.4, -0.2) is 53.9 Å². The molecule has 0 saturated carbocycles. The third-order valence-corrected chi connectivity index (χ3v) is 5.68. The fourth-order valence-electron chi connectivity index (χ4n) is 3.64. The first-order chi connectivity index (χ1) is 15.1. The molecular formula is C23H23ClN4O3. The molecule has 1 aromatic heterocycles. The Morgan fingerprint density at radius 2 is 1.71 bits per heavy atom. The second kappa shape index (κ2) is 9.32. The number of halogens is 1. The maximum Gasteiger partial charge on any atom is 0.292 e. The summed E-state index contributed by atoms with van der Waals surface area (Å²) in [4.78, 5) is 29.4. The number of carbonyl (C=O) groups excluding carboxylic acids is 1. The number of hydrogen-bond acceptors (Lipinski definition) is 5. The van der Waals surface area contributed by atoms with Crippen molar-refractivity contribution in [2.45, 2.75) is 6.61 Å². The van der Waals surface area contributed by atoms with Gasteiger partial charge in [-0.25, -0.2) is 0 Å². The van der Waals surface area contributed by atoms with Crippen LogP contribution in [0.5, 0.6) is 0 Å². The van der Waals surface area contributed by atoms with Crippen LogP contribution in [-0.2, 0) is 11.3 Å². The molecular weight excluding hydrogens is 416 g/mol. The van der Waals surface area contributed by atoms with Crippen molar-refractivity contribution >= 4 is 23.2 Å². The Kier molecular flexibility index (Phi) is 6.34. The lowest BCUT2D eigenvalue weighted by molar-refractivity contribution is 0.0746. The largest absolute Gasteiger partial charge is 0.380 e. The number of carbonyl (C=O) groups is 1. The van der Waals surface area contributed by atoms with Crippen LogP contribution in [0, 0.1) is 0 Å². The summed E-state index contributed by atoms with van der Waals surface area (Å²) in [6.45, 7) is 2.74. The second-order valence-electron chi connectivity index (χ2n) is 7.31. The lowest BCUT2D eigenvalue weighted by Gasteiger charge is -2.36. The molecule has 1 amide bonds. The van der Waals surface area contributed by atoms with Crippen LogP contribution in [0.1, 0.15) is 15.9 Å². The van der Waals surface area contributed by atoms with E-state index in [1.54, 1.807) is 25.4 Å². The van der Waals surface area contributed by atoms with Gasteiger partial charge >= 0.3 is 0 Å². The molecule has 3 aromatic rings. The first kappa shape index (κ1) is 21.1. The van der Waals surface area contributed by atoms with E-state index in [1.165, 1.54) is 4.68 Å². The SMILES string of the molecule is COCc1ccc(C(=O)N2CCN(c3cnn(-c4ccccc4)c(=O)c3Cl)CC2)cc1. The van der Waals surface area contributed by atoms with Crippen LogP contribution in [0.4, 0.5) is 5.69 Å². The summed E-state index contributed by atoms with van der Waals surface area (Å²) >= 11 is 6.41. The molecule has 2 aromatic carbocycles. The number of methoxy groups -OCH3 is 1. The summed E-state index contributed by atoms with van der Waals surface area (Å²) in [5.41, 5.74) is 2.57. The maximum atomic E-state index is 12.8. The minimum atomic E-state index is -0.361. The summed E-state index contributed by atoms with van der Waals surface area (Å²) < 4.78 is 6.40. The molecule has 0 radical (unpaired) electrons. The fourth-order valence-corrected chi connectivity index (χ4v) is 3.89. The zero-order valence-corrected chi connectivity index (χ0v) is 18.0. The molecule has 7 nitrogen and oxygen atoms in total. The standard InChI is InChI=1S/C23H23ClN4O3/c1-31-16-17-7-9-18(10-8-17)22(29)27-13-11-26(12-14-27)20-15-25-28(23(30)21(20)24)19-5-3-2-4-6-19/h2-10,15H,11-14,16H2,1H3. The Labute approximate surface area is 185 Å². The number of amides is 1. The second-order valence-corrected chi connectivity index (χ2v) is 7.68. The van der Waals surface area contributed by atoms with Gasteiger partial charge in [0.15, 0.2) is 0 Å². The average molecular weight is 439 g/mol. The molecule has 0 aliphatic carbocycles. The highest BCUT2D eigenvalue weighted by molar-refractivity contribution is 6.33. The Morgan fingerprint density at radius 3 is 2.35 bits per heavy atom. The van der Waals surface area contributed by atoms with Crippen molar-refractivity contribution in [3.05, 3.63) is 87.3 Å². The maximum absolute atomic E-state index is 12.8. The predicted molar refractivity (Wildman–Crippen MR) is 120 cm³/mol. The van der Waals surface area contributed by atoms with Crippen molar-refractivity contribution in [2.24, 2.45) is 0 Å². The zero-order valence-electron chi connectivity index (χ0n) is 17.2. The number of para-hydroxylation sites is 1. The van der Waals surface area contributed by atoms with Crippen LogP contribution in [0.15, 0.2) is 65.6 Å². The number of benzene rings is 2. The molecule has 1 aliphatic rings. The molecule has 0 unspecified atom stereocenters. The number of piperazine rings is 1. The Hall–Kier alpha value is -3.16. The Morgan fingerprint density at radius 1 is 1.03 bits per heavy atom. The van der Waals surface area contributed by atoms with E-state index in [1.807, 2.05) is 52.3 Å². The number of hydrogen-bond donors (Lipinski definition) is 0. The highest BCUT2D eigenvalue weighted by atomic mass is 35.5. The number of rotatable bonds is 5. The van der Waals surface area contributed by atoms with Crippen LogP contribution in [0.25, 0.3) is 5.69 Å². The smallest absolute Gasteiger partial charge is 0.292 e. The summed E-state index contributed by atoms with van der Waals surface area (Å²) in [6, 6.07) is 16.6. The zero-order chi connectivity index (χ0) is 21.8. The van der Waals surface area contributed by atoms with Gasteiger partial charge in [-0.2, -0.15) is 9.78 Å². The van der Waals surface area contributed by atoms with Crippen LogP contribution >= 0.6 is 11.6 Å². The molecule has 4 rings (SSSR count). The molecule has 0 atom stereocenters. The van der Waals surface area contributed by atoms with Gasteiger partial charge in [0.25, 0.3) is 11.5 Å². The van der Waals surface area contributed by atoms with E-state index in [0.29, 0.717) is 49.7 Å². The van der Waals surface area contributed by atoms with Crippen LogP contribution in [0.3, 0.4) is 0 Å². The highest BCUT2D eigenvalue weighted by Crippen LogP contribution is 2.23. The minimum Gasteiger partial charge on any atom is -0.380 e. The highest BCUT2D eigenvalue weighted by Gasteiger charge is 2.25. The lowest BCUT2D eigenvalue weighted by atomic mass is 10.1. The molecule has 31 heavy (non-hydrogen) atoms. The Bertz CT molecular complexity index is 1110. The van der Waals surface area contributed by atoms with Gasteiger partial charge in [0, 0.05) is 38.9 Å². The van der Waals surface area contributed by atoms with Crippen LogP contribution in [0.2, 0.25) is 5.02 Å². The van der Waals surface area contributed by atoms with E-state index in [9.17, 15) is 9.59 Å². The molecule has 0 N–H and O–H groups in total. The van der Waals surface area contributed by atoms with Crippen molar-refractivity contribution in [3.8, 4) is 5.69 Å². The predicted octanol–water partition coefficient (Wildman–Crippen LogP) is 2.99. The van der Waals surface area contributed by atoms with Crippen molar-refractivity contribution in [2.75, 3.05) is 38.2 Å². The molecule has 1 aliphatic heterocycles. The van der Waals surface area contributed by atoms with Gasteiger partial charge in [0.05, 0.1) is 24.2 Å². The first-order valence-electron chi connectivity index (χ1n) is 10.0. The summed E-state index contributed by atoms with van der Waals surface area (Å²) in [5, 5.41) is 4.43. The summed E-state index contributed by atoms with van der Waals surface area (Å²) in [5.74, 6) is -0.00710. The van der Waals surface area contributed by atoms with Crippen LogP contribution < -0.4 is 10.5 Å². The number of nitrogens with zero attached hydrogens (tertiary/aromatic N) is 4. The molecule has 1 fully saturated rings. The first-order valence-corrected chi connectivity index (χ1v) is 10.4. The summed E-state index contributed by atoms with van der Waals surface area (Å²) in [7, 11) is 1.64. The third kappa shape index (κ3) is 4.47. The van der Waals surface area contributed by atoms with Crippen molar-refractivity contribution in [1.82, 2.24) is 14.7 Å². The number of aromatic nitrogens is 2. The van der Waals surface area contributed by atoms with E-state index in [4.69, 9.17) is 16.3 Å². The van der Waals surface area contributed by atoms with Crippen molar-refractivity contribution in [1.29, 1.82) is 0 Å². The molecule has 0 spiro atoms. The lowest BCUT2D eigenvalue weighted by Crippen LogP contribution is -2.49. The van der Waals surface area contributed by atoms with E-state index in [-0.39, 0.29) is 16.5 Å². The van der Waals surface area contributed by atoms with Crippen molar-refractivity contribution in [3.63, 3.8) is 0 Å². The normalized spacial score (nSPS) is 14.0. The molecule has 8 heteroatoms. The quantitative estimate of drug-likeness (QED) is 0.612. The van der Waals surface area contributed by atoms with E-state index in [2.05, 4.69) is 5.10 Å². The molecule has 0 bridgehead atoms. The van der Waals surface area contributed by atoms with Gasteiger partial charge in [-0.15, -0.1) is 0 Å². The molecule has 160 valence electrons. The fraction of sp³-hybridized carbons (Fsp3) is 0.261. The van der Waals surface area contributed by atoms with E-state index < -0.39 is 0 Å². The van der Waals surface area contributed by atoms with Gasteiger partial charge in [-0.1, -0.05) is 41.9 Å². The van der Waals surface area contributed by atoms with E-state index >= 15 is 0 Å². The summed E-state index contributed by atoms with van der Waals surface area (Å²) in [6.07, 6.45) is 1.61. The van der Waals surface area contributed by atoms with E-state index in [0.717, 1.165) is 5.56 Å². The number of ether oxygens (including phenoxy) is 1. The monoisotopic (exact) mass is 438 g/mol. The third-order valence-electron chi connectivity index (χ3n) is 5.32. The van der Waals surface area contributed by atoms with Crippen molar-refractivity contribution < 1.29 is 9.53 Å². The van der Waals surface area contributed by atoms with Gasteiger partial charge < -0.3 is 14.5 Å². The average Bonchev–Trinajstić information content (AvgIpc) is 2.82. The minimum absolute atomic E-state index is 0.00710. The van der Waals surface area contributed by atoms with Gasteiger partial charge in [0.2, 0.25) is 0 Å². The molecule has 2 heterocycles. The molecule has 1 saturated heterocycles. The van der Waals surface area contributed by atoms with Gasteiger partial charge in [0.1, 0.15) is 5.02 Å². The number of anilines is 1. The van der Waals surface area contributed by atoms with Gasteiger partial charge in [-0.05, 0) is 29.8 Å².